The molecule has 2 atom stereocenters. The highest BCUT2D eigenvalue weighted by molar-refractivity contribution is 4.84. The molecule has 74 valence electrons. The van der Waals surface area contributed by atoms with E-state index in [4.69, 9.17) is 16.9 Å². The van der Waals surface area contributed by atoms with Gasteiger partial charge < -0.3 is 10.5 Å². The van der Waals surface area contributed by atoms with Crippen LogP contribution in [0, 0.1) is 18.3 Å². The first-order valence-electron chi connectivity index (χ1n) is 5.11. The van der Waals surface area contributed by atoms with Gasteiger partial charge in [-0.05, 0) is 31.6 Å². The van der Waals surface area contributed by atoms with E-state index in [2.05, 4.69) is 5.92 Å². The quantitative estimate of drug-likeness (QED) is 0.527. The van der Waals surface area contributed by atoms with Crippen molar-refractivity contribution in [2.75, 3.05) is 13.2 Å². The van der Waals surface area contributed by atoms with Crippen LogP contribution in [0.25, 0.3) is 0 Å². The topological polar surface area (TPSA) is 35.2 Å². The average Bonchev–Trinajstić information content (AvgIpc) is 2.19. The Labute approximate surface area is 80.8 Å². The van der Waals surface area contributed by atoms with E-state index in [9.17, 15) is 0 Å². The van der Waals surface area contributed by atoms with Crippen LogP contribution in [0.15, 0.2) is 0 Å². The van der Waals surface area contributed by atoms with Gasteiger partial charge in [-0.25, -0.2) is 0 Å². The highest BCUT2D eigenvalue weighted by Gasteiger charge is 2.20. The van der Waals surface area contributed by atoms with Crippen molar-refractivity contribution < 1.29 is 4.74 Å². The Bertz CT molecular complexity index is 167. The molecule has 0 spiro atoms. The zero-order valence-electron chi connectivity index (χ0n) is 8.17. The summed E-state index contributed by atoms with van der Waals surface area (Å²) in [6.07, 6.45) is 10.5. The van der Waals surface area contributed by atoms with Gasteiger partial charge in [0.15, 0.2) is 0 Å². The van der Waals surface area contributed by atoms with E-state index in [-0.39, 0.29) is 6.04 Å². The second-order valence-corrected chi connectivity index (χ2v) is 3.74. The van der Waals surface area contributed by atoms with Crippen molar-refractivity contribution >= 4 is 0 Å². The number of terminal acetylenes is 1. The maximum absolute atomic E-state index is 6.04. The Morgan fingerprint density at radius 2 is 2.46 bits per heavy atom. The van der Waals surface area contributed by atoms with E-state index >= 15 is 0 Å². The Hall–Kier alpha value is -0.520. The van der Waals surface area contributed by atoms with Crippen LogP contribution >= 0.6 is 0 Å². The SMILES string of the molecule is C#CCCCC(N)C1CCCOC1. The average molecular weight is 181 g/mol. The van der Waals surface area contributed by atoms with Crippen molar-refractivity contribution in [2.45, 2.75) is 38.1 Å². The maximum atomic E-state index is 6.04. The van der Waals surface area contributed by atoms with Crippen molar-refractivity contribution in [1.82, 2.24) is 0 Å². The summed E-state index contributed by atoms with van der Waals surface area (Å²) in [5.74, 6) is 3.20. The van der Waals surface area contributed by atoms with Crippen molar-refractivity contribution in [2.24, 2.45) is 11.7 Å². The maximum Gasteiger partial charge on any atom is 0.0509 e. The smallest absolute Gasteiger partial charge is 0.0509 e. The third kappa shape index (κ3) is 3.80. The first-order chi connectivity index (χ1) is 6.34. The molecule has 0 amide bonds. The lowest BCUT2D eigenvalue weighted by Crippen LogP contribution is -2.35. The summed E-state index contributed by atoms with van der Waals surface area (Å²) in [5.41, 5.74) is 6.04. The van der Waals surface area contributed by atoms with Crippen LogP contribution in [0.1, 0.15) is 32.1 Å². The third-order valence-corrected chi connectivity index (χ3v) is 2.66. The summed E-state index contributed by atoms with van der Waals surface area (Å²) >= 11 is 0. The lowest BCUT2D eigenvalue weighted by molar-refractivity contribution is 0.0436. The molecule has 0 bridgehead atoms. The molecule has 1 fully saturated rings. The molecular formula is C11H19NO. The largest absolute Gasteiger partial charge is 0.381 e. The van der Waals surface area contributed by atoms with Gasteiger partial charge in [-0.15, -0.1) is 12.3 Å². The summed E-state index contributed by atoms with van der Waals surface area (Å²) in [4.78, 5) is 0. The molecule has 2 unspecified atom stereocenters. The second kappa shape index (κ2) is 6.01. The van der Waals surface area contributed by atoms with Crippen molar-refractivity contribution in [3.05, 3.63) is 0 Å². The monoisotopic (exact) mass is 181 g/mol. The number of nitrogens with two attached hydrogens (primary N) is 1. The molecule has 13 heavy (non-hydrogen) atoms. The van der Waals surface area contributed by atoms with Gasteiger partial charge in [-0.2, -0.15) is 0 Å². The van der Waals surface area contributed by atoms with Gasteiger partial charge in [0, 0.05) is 19.1 Å². The Kier molecular flexibility index (Phi) is 4.88. The molecule has 1 heterocycles. The van der Waals surface area contributed by atoms with Gasteiger partial charge in [0.25, 0.3) is 0 Å². The summed E-state index contributed by atoms with van der Waals surface area (Å²) in [6.45, 7) is 1.75. The molecule has 2 nitrogen and oxygen atoms in total. The van der Waals surface area contributed by atoms with Gasteiger partial charge >= 0.3 is 0 Å². The summed E-state index contributed by atoms with van der Waals surface area (Å²) in [7, 11) is 0. The third-order valence-electron chi connectivity index (χ3n) is 2.66. The van der Waals surface area contributed by atoms with Crippen molar-refractivity contribution in [3.8, 4) is 12.3 Å². The van der Waals surface area contributed by atoms with Crippen LogP contribution in [0.2, 0.25) is 0 Å². The number of ether oxygens (including phenoxy) is 1. The Morgan fingerprint density at radius 3 is 3.08 bits per heavy atom. The minimum Gasteiger partial charge on any atom is -0.381 e. The van der Waals surface area contributed by atoms with Crippen LogP contribution in [-0.2, 0) is 4.74 Å². The lowest BCUT2D eigenvalue weighted by Gasteiger charge is -2.27. The zero-order valence-corrected chi connectivity index (χ0v) is 8.17. The number of unbranched alkanes of at least 4 members (excludes halogenated alkanes) is 1. The second-order valence-electron chi connectivity index (χ2n) is 3.74. The van der Waals surface area contributed by atoms with Crippen LogP contribution in [0.3, 0.4) is 0 Å². The fourth-order valence-corrected chi connectivity index (χ4v) is 1.78. The summed E-state index contributed by atoms with van der Waals surface area (Å²) in [5, 5.41) is 0. The summed E-state index contributed by atoms with van der Waals surface area (Å²) in [6, 6.07) is 0.286. The molecule has 2 heteroatoms. The van der Waals surface area contributed by atoms with Gasteiger partial charge in [-0.1, -0.05) is 0 Å². The predicted molar refractivity (Wildman–Crippen MR) is 54.2 cm³/mol. The molecule has 0 aromatic rings. The molecule has 0 aromatic carbocycles. The fourth-order valence-electron chi connectivity index (χ4n) is 1.78. The van der Waals surface area contributed by atoms with Gasteiger partial charge in [0.1, 0.15) is 0 Å². The molecule has 0 radical (unpaired) electrons. The van der Waals surface area contributed by atoms with Crippen LogP contribution < -0.4 is 5.73 Å². The van der Waals surface area contributed by atoms with E-state index in [1.54, 1.807) is 0 Å². The highest BCUT2D eigenvalue weighted by atomic mass is 16.5. The Morgan fingerprint density at radius 1 is 1.62 bits per heavy atom. The van der Waals surface area contributed by atoms with E-state index < -0.39 is 0 Å². The van der Waals surface area contributed by atoms with E-state index in [0.29, 0.717) is 5.92 Å². The minimum atomic E-state index is 0.286. The minimum absolute atomic E-state index is 0.286. The molecule has 2 N–H and O–H groups in total. The van der Waals surface area contributed by atoms with Crippen LogP contribution in [-0.4, -0.2) is 19.3 Å². The zero-order chi connectivity index (χ0) is 9.52. The van der Waals surface area contributed by atoms with Crippen molar-refractivity contribution in [1.29, 1.82) is 0 Å². The molecule has 0 aliphatic carbocycles. The Balaban J connectivity index is 2.14. The standard InChI is InChI=1S/C11H19NO/c1-2-3-4-7-11(12)10-6-5-8-13-9-10/h1,10-11H,3-9,12H2. The van der Waals surface area contributed by atoms with Crippen LogP contribution in [0.4, 0.5) is 0 Å². The highest BCUT2D eigenvalue weighted by Crippen LogP contribution is 2.19. The van der Waals surface area contributed by atoms with E-state index in [0.717, 1.165) is 38.9 Å². The predicted octanol–water partition coefficient (Wildman–Crippen LogP) is 1.54. The van der Waals surface area contributed by atoms with Gasteiger partial charge in [0.05, 0.1) is 6.61 Å². The molecule has 1 rings (SSSR count). The fraction of sp³-hybridized carbons (Fsp3) is 0.818. The normalized spacial score (nSPS) is 25.1. The van der Waals surface area contributed by atoms with Gasteiger partial charge in [0.2, 0.25) is 0 Å². The number of hydrogen-bond acceptors (Lipinski definition) is 2. The van der Waals surface area contributed by atoms with E-state index in [1.165, 1.54) is 6.42 Å². The van der Waals surface area contributed by atoms with Crippen molar-refractivity contribution in [3.63, 3.8) is 0 Å². The van der Waals surface area contributed by atoms with Crippen LogP contribution in [0.5, 0.6) is 0 Å². The van der Waals surface area contributed by atoms with E-state index in [1.807, 2.05) is 0 Å². The molecule has 1 aliphatic heterocycles. The molecule has 1 aliphatic rings. The first kappa shape index (κ1) is 10.6. The molecule has 0 aromatic heterocycles. The molecule has 1 saturated heterocycles. The molecular weight excluding hydrogens is 162 g/mol. The lowest BCUT2D eigenvalue weighted by atomic mass is 9.91. The first-order valence-corrected chi connectivity index (χ1v) is 5.11. The number of hydrogen-bond donors (Lipinski definition) is 1. The molecule has 0 saturated carbocycles. The number of rotatable bonds is 4. The van der Waals surface area contributed by atoms with Gasteiger partial charge in [-0.3, -0.25) is 0 Å². The summed E-state index contributed by atoms with van der Waals surface area (Å²) < 4.78 is 5.39.